The number of hydrogen-bond acceptors (Lipinski definition) is 3. The third-order valence-corrected chi connectivity index (χ3v) is 4.02. The highest BCUT2D eigenvalue weighted by Crippen LogP contribution is 2.22. The molecule has 0 bridgehead atoms. The maximum atomic E-state index is 12.1. The maximum absolute atomic E-state index is 12.1. The van der Waals surface area contributed by atoms with Crippen molar-refractivity contribution in [3.63, 3.8) is 0 Å². The smallest absolute Gasteiger partial charge is 0.238 e. The number of carbonyl (C=O) groups is 1. The van der Waals surface area contributed by atoms with E-state index in [1.807, 2.05) is 18.2 Å². The highest BCUT2D eigenvalue weighted by atomic mass is 16.2. The van der Waals surface area contributed by atoms with E-state index in [1.165, 1.54) is 12.8 Å². The average molecular weight is 261 g/mol. The van der Waals surface area contributed by atoms with E-state index >= 15 is 0 Å². The summed E-state index contributed by atoms with van der Waals surface area (Å²) >= 11 is 0. The SMILES string of the molecule is CC1CCCN(CC(=O)Nc2cccc(N)c2)C1C. The molecule has 1 aromatic rings. The Kier molecular flexibility index (Phi) is 4.43. The minimum atomic E-state index is 0.0338. The van der Waals surface area contributed by atoms with Crippen LogP contribution in [0.15, 0.2) is 24.3 Å². The highest BCUT2D eigenvalue weighted by molar-refractivity contribution is 5.92. The van der Waals surface area contributed by atoms with E-state index in [1.54, 1.807) is 6.07 Å². The van der Waals surface area contributed by atoms with Gasteiger partial charge in [0.25, 0.3) is 0 Å². The van der Waals surface area contributed by atoms with E-state index < -0.39 is 0 Å². The molecule has 2 atom stereocenters. The van der Waals surface area contributed by atoms with Crippen LogP contribution < -0.4 is 11.1 Å². The van der Waals surface area contributed by atoms with Crippen molar-refractivity contribution in [2.75, 3.05) is 24.1 Å². The number of rotatable bonds is 3. The number of hydrogen-bond donors (Lipinski definition) is 2. The van der Waals surface area contributed by atoms with Gasteiger partial charge in [0.05, 0.1) is 6.54 Å². The van der Waals surface area contributed by atoms with Crippen LogP contribution in [-0.4, -0.2) is 29.9 Å². The lowest BCUT2D eigenvalue weighted by Gasteiger charge is -2.37. The fourth-order valence-electron chi connectivity index (χ4n) is 2.65. The Hall–Kier alpha value is -1.55. The molecule has 4 nitrogen and oxygen atoms in total. The number of anilines is 2. The van der Waals surface area contributed by atoms with Crippen LogP contribution in [0.2, 0.25) is 0 Å². The molecule has 2 unspecified atom stereocenters. The van der Waals surface area contributed by atoms with Crippen molar-refractivity contribution in [3.8, 4) is 0 Å². The Labute approximate surface area is 115 Å². The normalized spacial score (nSPS) is 24.1. The molecule has 104 valence electrons. The number of carbonyl (C=O) groups excluding carboxylic acids is 1. The Balaban J connectivity index is 1.90. The molecule has 1 saturated heterocycles. The van der Waals surface area contributed by atoms with E-state index in [4.69, 9.17) is 5.73 Å². The van der Waals surface area contributed by atoms with Crippen molar-refractivity contribution in [3.05, 3.63) is 24.3 Å². The zero-order valence-electron chi connectivity index (χ0n) is 11.7. The molecule has 0 aliphatic carbocycles. The monoisotopic (exact) mass is 261 g/mol. The van der Waals surface area contributed by atoms with Crippen LogP contribution >= 0.6 is 0 Å². The molecular formula is C15H23N3O. The molecule has 1 heterocycles. The van der Waals surface area contributed by atoms with Gasteiger partial charge in [0.2, 0.25) is 5.91 Å². The quantitative estimate of drug-likeness (QED) is 0.821. The number of benzene rings is 1. The first kappa shape index (κ1) is 13.9. The van der Waals surface area contributed by atoms with Crippen LogP contribution in [-0.2, 0) is 4.79 Å². The number of piperidine rings is 1. The number of amides is 1. The molecule has 0 saturated carbocycles. The van der Waals surface area contributed by atoms with Gasteiger partial charge in [0, 0.05) is 17.4 Å². The molecule has 2 rings (SSSR count). The highest BCUT2D eigenvalue weighted by Gasteiger charge is 2.25. The van der Waals surface area contributed by atoms with E-state index in [9.17, 15) is 4.79 Å². The molecule has 19 heavy (non-hydrogen) atoms. The van der Waals surface area contributed by atoms with Crippen molar-refractivity contribution in [1.82, 2.24) is 4.90 Å². The first-order valence-corrected chi connectivity index (χ1v) is 6.95. The van der Waals surface area contributed by atoms with E-state index in [2.05, 4.69) is 24.1 Å². The number of nitrogens with zero attached hydrogens (tertiary/aromatic N) is 1. The Bertz CT molecular complexity index is 447. The van der Waals surface area contributed by atoms with Gasteiger partial charge in [-0.25, -0.2) is 0 Å². The van der Waals surface area contributed by atoms with Crippen molar-refractivity contribution in [2.45, 2.75) is 32.7 Å². The molecule has 1 fully saturated rings. The van der Waals surface area contributed by atoms with Crippen LogP contribution in [0.3, 0.4) is 0 Å². The van der Waals surface area contributed by atoms with Crippen molar-refractivity contribution >= 4 is 17.3 Å². The lowest BCUT2D eigenvalue weighted by atomic mass is 9.92. The molecule has 1 aliphatic rings. The van der Waals surface area contributed by atoms with Crippen molar-refractivity contribution in [1.29, 1.82) is 0 Å². The lowest BCUT2D eigenvalue weighted by molar-refractivity contribution is -0.118. The van der Waals surface area contributed by atoms with E-state index in [0.29, 0.717) is 24.2 Å². The molecule has 0 radical (unpaired) electrons. The molecule has 1 aliphatic heterocycles. The minimum absolute atomic E-state index is 0.0338. The van der Waals surface area contributed by atoms with E-state index in [0.717, 1.165) is 12.2 Å². The molecular weight excluding hydrogens is 238 g/mol. The van der Waals surface area contributed by atoms with Crippen LogP contribution in [0.4, 0.5) is 11.4 Å². The van der Waals surface area contributed by atoms with Gasteiger partial charge in [-0.2, -0.15) is 0 Å². The summed E-state index contributed by atoms with van der Waals surface area (Å²) in [5.74, 6) is 0.695. The third-order valence-electron chi connectivity index (χ3n) is 4.02. The summed E-state index contributed by atoms with van der Waals surface area (Å²) < 4.78 is 0. The van der Waals surface area contributed by atoms with Gasteiger partial charge in [0.15, 0.2) is 0 Å². The number of nitrogen functional groups attached to an aromatic ring is 1. The maximum Gasteiger partial charge on any atom is 0.238 e. The first-order chi connectivity index (χ1) is 9.06. The second kappa shape index (κ2) is 6.06. The molecule has 1 amide bonds. The molecule has 0 spiro atoms. The van der Waals surface area contributed by atoms with Crippen LogP contribution in [0, 0.1) is 5.92 Å². The van der Waals surface area contributed by atoms with Gasteiger partial charge >= 0.3 is 0 Å². The first-order valence-electron chi connectivity index (χ1n) is 6.95. The molecule has 4 heteroatoms. The summed E-state index contributed by atoms with van der Waals surface area (Å²) in [6, 6.07) is 7.76. The largest absolute Gasteiger partial charge is 0.399 e. The lowest BCUT2D eigenvalue weighted by Crippen LogP contribution is -2.46. The zero-order chi connectivity index (χ0) is 13.8. The van der Waals surface area contributed by atoms with Crippen LogP contribution in [0.25, 0.3) is 0 Å². The minimum Gasteiger partial charge on any atom is -0.399 e. The van der Waals surface area contributed by atoms with Crippen LogP contribution in [0.5, 0.6) is 0 Å². The summed E-state index contributed by atoms with van der Waals surface area (Å²) in [7, 11) is 0. The standard InChI is InChI=1S/C15H23N3O/c1-11-5-4-8-18(12(11)2)10-15(19)17-14-7-3-6-13(16)9-14/h3,6-7,9,11-12H,4-5,8,10,16H2,1-2H3,(H,17,19). The third kappa shape index (κ3) is 3.70. The van der Waals surface area contributed by atoms with Gasteiger partial charge in [-0.15, -0.1) is 0 Å². The van der Waals surface area contributed by atoms with Gasteiger partial charge in [0.1, 0.15) is 0 Å². The summed E-state index contributed by atoms with van der Waals surface area (Å²) in [4.78, 5) is 14.3. The predicted molar refractivity (Wildman–Crippen MR) is 78.9 cm³/mol. The predicted octanol–water partition coefficient (Wildman–Crippen LogP) is 2.33. The average Bonchev–Trinajstić information content (AvgIpc) is 2.35. The van der Waals surface area contributed by atoms with Gasteiger partial charge in [-0.05, 0) is 50.4 Å². The molecule has 1 aromatic carbocycles. The van der Waals surface area contributed by atoms with Crippen molar-refractivity contribution < 1.29 is 4.79 Å². The van der Waals surface area contributed by atoms with E-state index in [-0.39, 0.29) is 5.91 Å². The summed E-state index contributed by atoms with van der Waals surface area (Å²) in [5.41, 5.74) is 7.13. The topological polar surface area (TPSA) is 58.4 Å². The Morgan fingerprint density at radius 2 is 2.26 bits per heavy atom. The Morgan fingerprint density at radius 1 is 1.47 bits per heavy atom. The second-order valence-corrected chi connectivity index (χ2v) is 5.50. The van der Waals surface area contributed by atoms with Gasteiger partial charge in [-0.3, -0.25) is 9.69 Å². The summed E-state index contributed by atoms with van der Waals surface area (Å²) in [6.45, 7) is 5.93. The van der Waals surface area contributed by atoms with Crippen molar-refractivity contribution in [2.24, 2.45) is 5.92 Å². The second-order valence-electron chi connectivity index (χ2n) is 5.50. The molecule has 0 aromatic heterocycles. The zero-order valence-corrected chi connectivity index (χ0v) is 11.7. The van der Waals surface area contributed by atoms with Gasteiger partial charge < -0.3 is 11.1 Å². The van der Waals surface area contributed by atoms with Gasteiger partial charge in [-0.1, -0.05) is 13.0 Å². The number of nitrogens with two attached hydrogens (primary N) is 1. The summed E-state index contributed by atoms with van der Waals surface area (Å²) in [6.07, 6.45) is 2.44. The summed E-state index contributed by atoms with van der Waals surface area (Å²) in [5, 5.41) is 2.90. The molecule has 3 N–H and O–H groups in total. The van der Waals surface area contributed by atoms with Crippen LogP contribution in [0.1, 0.15) is 26.7 Å². The number of likely N-dealkylation sites (tertiary alicyclic amines) is 1. The fourth-order valence-corrected chi connectivity index (χ4v) is 2.65. The number of nitrogens with one attached hydrogen (secondary N) is 1. The fraction of sp³-hybridized carbons (Fsp3) is 0.533. The Morgan fingerprint density at radius 3 is 3.00 bits per heavy atom.